The number of rotatable bonds is 4. The minimum absolute atomic E-state index is 0.0320. The van der Waals surface area contributed by atoms with Crippen LogP contribution in [0, 0.1) is 0 Å². The van der Waals surface area contributed by atoms with Gasteiger partial charge in [-0.1, -0.05) is 23.5 Å². The van der Waals surface area contributed by atoms with E-state index in [1.54, 1.807) is 18.2 Å². The summed E-state index contributed by atoms with van der Waals surface area (Å²) in [5.74, 6) is -0.353. The van der Waals surface area contributed by atoms with E-state index >= 15 is 0 Å². The Morgan fingerprint density at radius 3 is 3.08 bits per heavy atom. The Hall–Kier alpha value is -2.65. The molecule has 9 heteroatoms. The summed E-state index contributed by atoms with van der Waals surface area (Å²) in [7, 11) is 0. The third-order valence-electron chi connectivity index (χ3n) is 3.94. The number of hydrogen-bond acceptors (Lipinski definition) is 7. The molecule has 1 fully saturated rings. The van der Waals surface area contributed by atoms with Gasteiger partial charge in [0.15, 0.2) is 0 Å². The Balaban J connectivity index is 1.47. The average Bonchev–Trinajstić information content (AvgIpc) is 3.29. The standard InChI is InChI=1S/C16H15N5O3S/c22-13(18-16-20-19-14(25-16)12-6-3-7-24-12)8-21-9-17-11-5-2-1-4-10(11)15(21)23/h1-2,4-5,9,12H,3,6-8H2,(H,18,20,22)/t12-/m0/s1. The molecular weight excluding hydrogens is 342 g/mol. The van der Waals surface area contributed by atoms with Crippen LogP contribution in [0.4, 0.5) is 5.13 Å². The molecule has 1 saturated heterocycles. The van der Waals surface area contributed by atoms with Crippen LogP contribution in [0.15, 0.2) is 35.4 Å². The first kappa shape index (κ1) is 15.9. The van der Waals surface area contributed by atoms with Crippen molar-refractivity contribution in [1.29, 1.82) is 0 Å². The predicted octanol–water partition coefficient (Wildman–Crippen LogP) is 1.74. The first-order valence-electron chi connectivity index (χ1n) is 7.90. The highest BCUT2D eigenvalue weighted by molar-refractivity contribution is 7.15. The van der Waals surface area contributed by atoms with E-state index in [9.17, 15) is 9.59 Å². The van der Waals surface area contributed by atoms with Crippen LogP contribution in [0.1, 0.15) is 24.0 Å². The fourth-order valence-corrected chi connectivity index (χ4v) is 3.56. The number of anilines is 1. The first-order chi connectivity index (χ1) is 12.2. The van der Waals surface area contributed by atoms with Gasteiger partial charge in [0.05, 0.1) is 17.2 Å². The third-order valence-corrected chi connectivity index (χ3v) is 4.87. The van der Waals surface area contributed by atoms with Crippen LogP contribution in [-0.2, 0) is 16.1 Å². The van der Waals surface area contributed by atoms with Crippen LogP contribution >= 0.6 is 11.3 Å². The quantitative estimate of drug-likeness (QED) is 0.763. The van der Waals surface area contributed by atoms with E-state index in [0.717, 1.165) is 24.5 Å². The van der Waals surface area contributed by atoms with Gasteiger partial charge in [-0.15, -0.1) is 10.2 Å². The molecule has 0 radical (unpaired) electrons. The molecule has 25 heavy (non-hydrogen) atoms. The van der Waals surface area contributed by atoms with E-state index in [1.807, 2.05) is 6.07 Å². The van der Waals surface area contributed by atoms with Crippen LogP contribution in [0.5, 0.6) is 0 Å². The molecule has 1 amide bonds. The zero-order chi connectivity index (χ0) is 17.2. The maximum Gasteiger partial charge on any atom is 0.261 e. The highest BCUT2D eigenvalue weighted by atomic mass is 32.1. The molecule has 3 aromatic rings. The van der Waals surface area contributed by atoms with Crippen molar-refractivity contribution in [2.75, 3.05) is 11.9 Å². The summed E-state index contributed by atoms with van der Waals surface area (Å²) < 4.78 is 6.83. The number of carbonyl (C=O) groups excluding carboxylic acids is 1. The van der Waals surface area contributed by atoms with Gasteiger partial charge in [0.25, 0.3) is 5.56 Å². The molecule has 0 aliphatic carbocycles. The fraction of sp³-hybridized carbons (Fsp3) is 0.312. The van der Waals surface area contributed by atoms with Crippen molar-refractivity contribution in [2.24, 2.45) is 0 Å². The molecule has 1 N–H and O–H groups in total. The van der Waals surface area contributed by atoms with Gasteiger partial charge in [-0.3, -0.25) is 19.5 Å². The Morgan fingerprint density at radius 1 is 1.36 bits per heavy atom. The largest absolute Gasteiger partial charge is 0.371 e. The van der Waals surface area contributed by atoms with E-state index in [4.69, 9.17) is 4.74 Å². The smallest absolute Gasteiger partial charge is 0.261 e. The van der Waals surface area contributed by atoms with Crippen molar-refractivity contribution in [3.8, 4) is 0 Å². The zero-order valence-corrected chi connectivity index (χ0v) is 14.0. The van der Waals surface area contributed by atoms with Crippen molar-refractivity contribution in [2.45, 2.75) is 25.5 Å². The molecule has 1 aromatic carbocycles. The van der Waals surface area contributed by atoms with Crippen LogP contribution in [0.3, 0.4) is 0 Å². The molecule has 3 heterocycles. The number of aromatic nitrogens is 4. The Labute approximate surface area is 146 Å². The fourth-order valence-electron chi connectivity index (χ4n) is 2.72. The topological polar surface area (TPSA) is 99.0 Å². The molecule has 0 unspecified atom stereocenters. The van der Waals surface area contributed by atoms with E-state index < -0.39 is 0 Å². The molecule has 2 aromatic heterocycles. The van der Waals surface area contributed by atoms with E-state index in [2.05, 4.69) is 20.5 Å². The molecule has 1 aliphatic heterocycles. The minimum atomic E-state index is -0.353. The molecule has 0 spiro atoms. The SMILES string of the molecule is O=C(Cn1cnc2ccccc2c1=O)Nc1nnc([C@@H]2CCCO2)s1. The van der Waals surface area contributed by atoms with Gasteiger partial charge in [-0.25, -0.2) is 4.98 Å². The Morgan fingerprint density at radius 2 is 2.24 bits per heavy atom. The van der Waals surface area contributed by atoms with Crippen LogP contribution in [-0.4, -0.2) is 32.3 Å². The van der Waals surface area contributed by atoms with E-state index in [-0.39, 0.29) is 24.1 Å². The maximum atomic E-state index is 12.4. The second kappa shape index (κ2) is 6.69. The molecule has 0 saturated carbocycles. The molecule has 128 valence electrons. The van der Waals surface area contributed by atoms with Gasteiger partial charge in [-0.2, -0.15) is 0 Å². The van der Waals surface area contributed by atoms with Gasteiger partial charge in [0.1, 0.15) is 17.7 Å². The van der Waals surface area contributed by atoms with Crippen molar-refractivity contribution in [3.05, 3.63) is 46.0 Å². The van der Waals surface area contributed by atoms with E-state index in [1.165, 1.54) is 22.2 Å². The lowest BCUT2D eigenvalue weighted by atomic mass is 10.2. The highest BCUT2D eigenvalue weighted by Gasteiger charge is 2.22. The van der Waals surface area contributed by atoms with Crippen molar-refractivity contribution < 1.29 is 9.53 Å². The van der Waals surface area contributed by atoms with Crippen LogP contribution in [0.25, 0.3) is 10.9 Å². The van der Waals surface area contributed by atoms with Crippen LogP contribution in [0.2, 0.25) is 0 Å². The maximum absolute atomic E-state index is 12.4. The second-order valence-electron chi connectivity index (χ2n) is 5.69. The van der Waals surface area contributed by atoms with Gasteiger partial charge in [0.2, 0.25) is 11.0 Å². The summed E-state index contributed by atoms with van der Waals surface area (Å²) in [6, 6.07) is 7.03. The van der Waals surface area contributed by atoms with Crippen molar-refractivity contribution in [1.82, 2.24) is 19.7 Å². The van der Waals surface area contributed by atoms with Gasteiger partial charge in [-0.05, 0) is 25.0 Å². The number of hydrogen-bond donors (Lipinski definition) is 1. The lowest BCUT2D eigenvalue weighted by molar-refractivity contribution is -0.116. The number of ether oxygens (including phenoxy) is 1. The van der Waals surface area contributed by atoms with Gasteiger partial charge >= 0.3 is 0 Å². The normalized spacial score (nSPS) is 17.0. The zero-order valence-electron chi connectivity index (χ0n) is 13.2. The summed E-state index contributed by atoms with van der Waals surface area (Å²) in [5, 5.41) is 12.3. The Kier molecular flexibility index (Phi) is 4.24. The number of para-hydroxylation sites is 1. The molecule has 1 aliphatic rings. The first-order valence-corrected chi connectivity index (χ1v) is 8.71. The van der Waals surface area contributed by atoms with E-state index in [0.29, 0.717) is 16.0 Å². The van der Waals surface area contributed by atoms with Crippen molar-refractivity contribution in [3.63, 3.8) is 0 Å². The number of amides is 1. The van der Waals surface area contributed by atoms with Gasteiger partial charge in [0, 0.05) is 6.61 Å². The number of carbonyl (C=O) groups is 1. The monoisotopic (exact) mass is 357 g/mol. The molecule has 4 rings (SSSR count). The van der Waals surface area contributed by atoms with Gasteiger partial charge < -0.3 is 4.74 Å². The molecule has 8 nitrogen and oxygen atoms in total. The van der Waals surface area contributed by atoms with Crippen LogP contribution < -0.4 is 10.9 Å². The highest BCUT2D eigenvalue weighted by Crippen LogP contribution is 2.31. The minimum Gasteiger partial charge on any atom is -0.371 e. The third kappa shape index (κ3) is 3.28. The summed E-state index contributed by atoms with van der Waals surface area (Å²) in [6.07, 6.45) is 3.27. The van der Waals surface area contributed by atoms with Crippen molar-refractivity contribution >= 4 is 33.3 Å². The lowest BCUT2D eigenvalue weighted by Crippen LogP contribution is -2.27. The lowest BCUT2D eigenvalue weighted by Gasteiger charge is -2.06. The molecular formula is C16H15N5O3S. The molecule has 0 bridgehead atoms. The number of benzene rings is 1. The Bertz CT molecular complexity index is 977. The number of nitrogens with zero attached hydrogens (tertiary/aromatic N) is 4. The molecule has 1 atom stereocenters. The summed E-state index contributed by atoms with van der Waals surface area (Å²) >= 11 is 1.29. The summed E-state index contributed by atoms with van der Waals surface area (Å²) in [4.78, 5) is 28.8. The average molecular weight is 357 g/mol. The number of nitrogens with one attached hydrogen (secondary N) is 1. The summed E-state index contributed by atoms with van der Waals surface area (Å²) in [5.41, 5.74) is 0.354. The number of fused-ring (bicyclic) bond motifs is 1. The predicted molar refractivity (Wildman–Crippen MR) is 92.5 cm³/mol. The summed E-state index contributed by atoms with van der Waals surface area (Å²) in [6.45, 7) is 0.593. The second-order valence-corrected chi connectivity index (χ2v) is 6.70.